The molecule has 0 saturated heterocycles. The summed E-state index contributed by atoms with van der Waals surface area (Å²) >= 11 is 0. The van der Waals surface area contributed by atoms with Gasteiger partial charge in [-0.15, -0.1) is 0 Å². The molecule has 0 amide bonds. The first kappa shape index (κ1) is 13.4. The van der Waals surface area contributed by atoms with Crippen LogP contribution in [0.4, 0.5) is 14.6 Å². The second-order valence-electron chi connectivity index (χ2n) is 4.82. The summed E-state index contributed by atoms with van der Waals surface area (Å²) in [5.74, 6) is -0.385. The number of hydrogen-bond donors (Lipinski definition) is 1. The van der Waals surface area contributed by atoms with Crippen LogP contribution in [0.2, 0.25) is 0 Å². The van der Waals surface area contributed by atoms with Crippen LogP contribution in [0.1, 0.15) is 5.56 Å². The van der Waals surface area contributed by atoms with E-state index >= 15 is 0 Å². The molecule has 21 heavy (non-hydrogen) atoms. The van der Waals surface area contributed by atoms with Crippen LogP contribution < -0.4 is 5.32 Å². The molecule has 3 rings (SSSR count). The highest BCUT2D eigenvalue weighted by Crippen LogP contribution is 2.26. The summed E-state index contributed by atoms with van der Waals surface area (Å²) in [6.07, 6.45) is 0. The van der Waals surface area contributed by atoms with Gasteiger partial charge in [-0.25, -0.2) is 18.7 Å². The maximum atomic E-state index is 13.4. The first-order valence-electron chi connectivity index (χ1n) is 6.49. The normalized spacial score (nSPS) is 10.9. The zero-order chi connectivity index (χ0) is 15.0. The summed E-state index contributed by atoms with van der Waals surface area (Å²) in [6, 6.07) is 9.04. The van der Waals surface area contributed by atoms with E-state index in [2.05, 4.69) is 15.3 Å². The molecule has 0 aliphatic carbocycles. The number of hydrogen-bond acceptors (Lipinski definition) is 3. The minimum absolute atomic E-state index is 0.286. The Kier molecular flexibility index (Phi) is 3.25. The Labute approximate surface area is 120 Å². The molecule has 2 aromatic carbocycles. The first-order valence-corrected chi connectivity index (χ1v) is 6.49. The van der Waals surface area contributed by atoms with Gasteiger partial charge in [0, 0.05) is 24.1 Å². The highest BCUT2D eigenvalue weighted by atomic mass is 19.1. The second kappa shape index (κ2) is 5.09. The SMILES string of the molecule is CNc1nc(-c2cc(F)cc(F)c2)nc2ccc(C)cc12. The van der Waals surface area contributed by atoms with Gasteiger partial charge in [-0.2, -0.15) is 0 Å². The number of aryl methyl sites for hydroxylation is 1. The van der Waals surface area contributed by atoms with Gasteiger partial charge in [-0.05, 0) is 31.2 Å². The lowest BCUT2D eigenvalue weighted by atomic mass is 10.1. The molecule has 0 unspecified atom stereocenters. The van der Waals surface area contributed by atoms with Crippen molar-refractivity contribution in [3.8, 4) is 11.4 Å². The molecule has 0 fully saturated rings. The Balaban J connectivity index is 2.26. The summed E-state index contributed by atoms with van der Waals surface area (Å²) in [6.45, 7) is 1.98. The summed E-state index contributed by atoms with van der Waals surface area (Å²) in [5, 5.41) is 3.87. The third-order valence-electron chi connectivity index (χ3n) is 3.21. The molecule has 5 heteroatoms. The quantitative estimate of drug-likeness (QED) is 0.775. The lowest BCUT2D eigenvalue weighted by molar-refractivity contribution is 0.584. The summed E-state index contributed by atoms with van der Waals surface area (Å²) < 4.78 is 26.7. The number of nitrogens with one attached hydrogen (secondary N) is 1. The Hall–Kier alpha value is -2.56. The van der Waals surface area contributed by atoms with Gasteiger partial charge in [0.2, 0.25) is 0 Å². The number of aromatic nitrogens is 2. The number of halogens is 2. The van der Waals surface area contributed by atoms with E-state index in [0.717, 1.165) is 22.5 Å². The van der Waals surface area contributed by atoms with Crippen LogP contribution in [-0.4, -0.2) is 17.0 Å². The molecule has 1 N–H and O–H groups in total. The van der Waals surface area contributed by atoms with E-state index in [0.29, 0.717) is 11.4 Å². The molecule has 0 saturated carbocycles. The van der Waals surface area contributed by atoms with Crippen LogP contribution in [0.5, 0.6) is 0 Å². The second-order valence-corrected chi connectivity index (χ2v) is 4.82. The molecule has 3 aromatic rings. The van der Waals surface area contributed by atoms with E-state index in [-0.39, 0.29) is 5.82 Å². The molecule has 0 radical (unpaired) electrons. The van der Waals surface area contributed by atoms with Gasteiger partial charge in [0.25, 0.3) is 0 Å². The molecule has 0 aliphatic heterocycles. The lowest BCUT2D eigenvalue weighted by Crippen LogP contribution is -1.99. The monoisotopic (exact) mass is 285 g/mol. The van der Waals surface area contributed by atoms with E-state index in [1.165, 1.54) is 12.1 Å². The average Bonchev–Trinajstić information content (AvgIpc) is 2.45. The standard InChI is InChI=1S/C16H13F2N3/c1-9-3-4-14-13(5-9)16(19-2)21-15(20-14)10-6-11(17)8-12(18)7-10/h3-8H,1-2H3,(H,19,20,21). The van der Waals surface area contributed by atoms with Crippen molar-refractivity contribution in [1.29, 1.82) is 0 Å². The van der Waals surface area contributed by atoms with Crippen molar-refractivity contribution < 1.29 is 8.78 Å². The fraction of sp³-hybridized carbons (Fsp3) is 0.125. The molecular weight excluding hydrogens is 272 g/mol. The highest BCUT2D eigenvalue weighted by Gasteiger charge is 2.10. The maximum absolute atomic E-state index is 13.4. The smallest absolute Gasteiger partial charge is 0.162 e. The maximum Gasteiger partial charge on any atom is 0.162 e. The van der Waals surface area contributed by atoms with Crippen molar-refractivity contribution in [2.75, 3.05) is 12.4 Å². The molecule has 3 nitrogen and oxygen atoms in total. The van der Waals surface area contributed by atoms with Crippen LogP contribution in [0.3, 0.4) is 0 Å². The molecule has 0 atom stereocenters. The van der Waals surface area contributed by atoms with E-state index in [1.807, 2.05) is 25.1 Å². The van der Waals surface area contributed by atoms with Gasteiger partial charge in [0.05, 0.1) is 5.52 Å². The fourth-order valence-electron chi connectivity index (χ4n) is 2.24. The lowest BCUT2D eigenvalue weighted by Gasteiger charge is -2.09. The number of fused-ring (bicyclic) bond motifs is 1. The average molecular weight is 285 g/mol. The number of rotatable bonds is 2. The van der Waals surface area contributed by atoms with Crippen molar-refractivity contribution in [2.24, 2.45) is 0 Å². The van der Waals surface area contributed by atoms with E-state index in [9.17, 15) is 8.78 Å². The topological polar surface area (TPSA) is 37.8 Å². The molecule has 1 heterocycles. The number of nitrogens with zero attached hydrogens (tertiary/aromatic N) is 2. The van der Waals surface area contributed by atoms with Crippen molar-refractivity contribution in [1.82, 2.24) is 9.97 Å². The third-order valence-corrected chi connectivity index (χ3v) is 3.21. The molecular formula is C16H13F2N3. The molecule has 0 bridgehead atoms. The van der Waals surface area contributed by atoms with E-state index < -0.39 is 11.6 Å². The fourth-order valence-corrected chi connectivity index (χ4v) is 2.24. The van der Waals surface area contributed by atoms with Gasteiger partial charge in [-0.1, -0.05) is 11.6 Å². The Morgan fingerprint density at radius 1 is 0.952 bits per heavy atom. The first-order chi connectivity index (χ1) is 10.1. The van der Waals surface area contributed by atoms with Gasteiger partial charge >= 0.3 is 0 Å². The van der Waals surface area contributed by atoms with Crippen LogP contribution >= 0.6 is 0 Å². The summed E-state index contributed by atoms with van der Waals surface area (Å²) in [7, 11) is 1.75. The zero-order valence-electron chi connectivity index (χ0n) is 11.6. The number of anilines is 1. The van der Waals surface area contributed by atoms with Gasteiger partial charge in [0.1, 0.15) is 17.5 Å². The minimum atomic E-state index is -0.649. The van der Waals surface area contributed by atoms with Crippen molar-refractivity contribution in [3.63, 3.8) is 0 Å². The Morgan fingerprint density at radius 2 is 1.67 bits per heavy atom. The summed E-state index contributed by atoms with van der Waals surface area (Å²) in [5.41, 5.74) is 2.12. The molecule has 0 spiro atoms. The van der Waals surface area contributed by atoms with Crippen molar-refractivity contribution >= 4 is 16.7 Å². The molecule has 106 valence electrons. The zero-order valence-corrected chi connectivity index (χ0v) is 11.6. The molecule has 0 aliphatic rings. The van der Waals surface area contributed by atoms with Crippen LogP contribution in [0, 0.1) is 18.6 Å². The highest BCUT2D eigenvalue weighted by molar-refractivity contribution is 5.91. The van der Waals surface area contributed by atoms with E-state index in [4.69, 9.17) is 0 Å². The largest absolute Gasteiger partial charge is 0.373 e. The van der Waals surface area contributed by atoms with Crippen LogP contribution in [0.15, 0.2) is 36.4 Å². The predicted octanol–water partition coefficient (Wildman–Crippen LogP) is 3.93. The third kappa shape index (κ3) is 2.54. The minimum Gasteiger partial charge on any atom is -0.373 e. The number of benzene rings is 2. The van der Waals surface area contributed by atoms with Crippen molar-refractivity contribution in [2.45, 2.75) is 6.92 Å². The summed E-state index contributed by atoms with van der Waals surface area (Å²) in [4.78, 5) is 8.75. The van der Waals surface area contributed by atoms with Gasteiger partial charge < -0.3 is 5.32 Å². The molecule has 1 aromatic heterocycles. The Bertz CT molecular complexity index is 811. The van der Waals surface area contributed by atoms with E-state index in [1.54, 1.807) is 7.05 Å². The van der Waals surface area contributed by atoms with Crippen molar-refractivity contribution in [3.05, 3.63) is 53.6 Å². The van der Waals surface area contributed by atoms with Crippen LogP contribution in [-0.2, 0) is 0 Å². The predicted molar refractivity (Wildman–Crippen MR) is 79.2 cm³/mol. The van der Waals surface area contributed by atoms with Gasteiger partial charge in [-0.3, -0.25) is 0 Å². The van der Waals surface area contributed by atoms with Gasteiger partial charge in [0.15, 0.2) is 5.82 Å². The van der Waals surface area contributed by atoms with Crippen LogP contribution in [0.25, 0.3) is 22.3 Å². The Morgan fingerprint density at radius 3 is 2.33 bits per heavy atom.